The fourth-order valence-electron chi connectivity index (χ4n) is 2.91. The summed E-state index contributed by atoms with van der Waals surface area (Å²) in [6.45, 7) is 4.63. The summed E-state index contributed by atoms with van der Waals surface area (Å²) in [6.07, 6.45) is 3.93. The van der Waals surface area contributed by atoms with Crippen LogP contribution >= 0.6 is 0 Å². The summed E-state index contributed by atoms with van der Waals surface area (Å²) < 4.78 is 4.66. The molecule has 4 nitrogen and oxygen atoms in total. The first-order valence-electron chi connectivity index (χ1n) is 7.03. The van der Waals surface area contributed by atoms with Crippen molar-refractivity contribution in [3.05, 3.63) is 61.2 Å². The normalized spacial score (nSPS) is 12.3. The van der Waals surface area contributed by atoms with Gasteiger partial charge in [-0.05, 0) is 37.4 Å². The molecule has 0 spiro atoms. The highest BCUT2D eigenvalue weighted by atomic mass is 28.3. The van der Waals surface area contributed by atoms with Gasteiger partial charge in [-0.2, -0.15) is 0 Å². The van der Waals surface area contributed by atoms with Crippen LogP contribution in [0.3, 0.4) is 0 Å². The van der Waals surface area contributed by atoms with Crippen molar-refractivity contribution in [3.63, 3.8) is 0 Å². The third kappa shape index (κ3) is 1.74. The van der Waals surface area contributed by atoms with Gasteiger partial charge in [0.15, 0.2) is 0 Å². The van der Waals surface area contributed by atoms with Crippen LogP contribution in [0.2, 0.25) is 13.1 Å². The summed E-state index contributed by atoms with van der Waals surface area (Å²) in [5, 5.41) is 0. The monoisotopic (exact) mass is 292 g/mol. The van der Waals surface area contributed by atoms with E-state index in [1.807, 2.05) is 24.8 Å². The lowest BCUT2D eigenvalue weighted by atomic mass is 10.3. The minimum Gasteiger partial charge on any atom is -0.339 e. The Bertz CT molecular complexity index is 859. The lowest BCUT2D eigenvalue weighted by molar-refractivity contribution is 1.03. The summed E-state index contributed by atoms with van der Waals surface area (Å²) in [5.41, 5.74) is 4.46. The average molecular weight is 292 g/mol. The zero-order chi connectivity index (χ0) is 14.4. The maximum absolute atomic E-state index is 4.54. The van der Waals surface area contributed by atoms with E-state index >= 15 is 0 Å². The van der Waals surface area contributed by atoms with Crippen LogP contribution in [0.1, 0.15) is 0 Å². The predicted molar refractivity (Wildman–Crippen MR) is 87.7 cm³/mol. The Balaban J connectivity index is 1.97. The summed E-state index contributed by atoms with van der Waals surface area (Å²) >= 11 is 0. The minimum absolute atomic E-state index is 1.04. The molecule has 0 N–H and O–H groups in total. The molecule has 4 aromatic rings. The van der Waals surface area contributed by atoms with E-state index in [9.17, 15) is 0 Å². The maximum Gasteiger partial charge on any atom is 0.268 e. The standard InChI is InChI=1S/C16H16N4Si/c1-21(2,19-11-17-13-7-3-5-9-15(13)19)20-12-18-14-8-4-6-10-16(14)20/h3-12H,1-2H3. The quantitative estimate of drug-likeness (QED) is 0.530. The molecule has 0 saturated heterocycles. The molecule has 0 aliphatic carbocycles. The molecular formula is C16H16N4Si. The van der Waals surface area contributed by atoms with E-state index in [1.54, 1.807) is 0 Å². The van der Waals surface area contributed by atoms with Crippen LogP contribution < -0.4 is 0 Å². The number of hydrogen-bond acceptors (Lipinski definition) is 2. The number of aromatic nitrogens is 4. The molecular weight excluding hydrogens is 276 g/mol. The molecule has 0 aliphatic rings. The van der Waals surface area contributed by atoms with Gasteiger partial charge < -0.3 is 8.47 Å². The van der Waals surface area contributed by atoms with Crippen LogP contribution in [0, 0.1) is 0 Å². The van der Waals surface area contributed by atoms with Crippen molar-refractivity contribution in [2.75, 3.05) is 0 Å². The summed E-state index contributed by atoms with van der Waals surface area (Å²) in [7, 11) is -1.97. The number of rotatable bonds is 2. The van der Waals surface area contributed by atoms with Crippen molar-refractivity contribution in [1.29, 1.82) is 0 Å². The number of benzene rings is 2. The topological polar surface area (TPSA) is 35.6 Å². The van der Waals surface area contributed by atoms with Gasteiger partial charge >= 0.3 is 0 Å². The highest BCUT2D eigenvalue weighted by Crippen LogP contribution is 2.23. The third-order valence-corrected chi connectivity index (χ3v) is 7.16. The third-order valence-electron chi connectivity index (χ3n) is 4.09. The summed E-state index contributed by atoms with van der Waals surface area (Å²) in [6, 6.07) is 16.6. The molecule has 0 radical (unpaired) electrons. The lowest BCUT2D eigenvalue weighted by Gasteiger charge is -2.26. The van der Waals surface area contributed by atoms with Crippen LogP contribution in [0.15, 0.2) is 61.2 Å². The Morgan fingerprint density at radius 1 is 0.714 bits per heavy atom. The van der Waals surface area contributed by atoms with E-state index in [-0.39, 0.29) is 0 Å². The number of hydrogen-bond donors (Lipinski definition) is 0. The molecule has 104 valence electrons. The molecule has 0 bridgehead atoms. The number of imidazole rings is 2. The van der Waals surface area contributed by atoms with Gasteiger partial charge in [0.1, 0.15) is 0 Å². The van der Waals surface area contributed by atoms with Gasteiger partial charge in [-0.3, -0.25) is 0 Å². The molecule has 5 heteroatoms. The van der Waals surface area contributed by atoms with Crippen LogP contribution in [-0.2, 0) is 0 Å². The Morgan fingerprint density at radius 3 is 1.62 bits per heavy atom. The van der Waals surface area contributed by atoms with Crippen LogP contribution in [0.25, 0.3) is 22.1 Å². The van der Waals surface area contributed by atoms with Gasteiger partial charge in [-0.25, -0.2) is 9.97 Å². The van der Waals surface area contributed by atoms with Crippen molar-refractivity contribution in [3.8, 4) is 0 Å². The summed E-state index contributed by atoms with van der Waals surface area (Å²) in [4.78, 5) is 9.08. The molecule has 0 atom stereocenters. The zero-order valence-corrected chi connectivity index (χ0v) is 13.1. The van der Waals surface area contributed by atoms with Gasteiger partial charge in [0, 0.05) is 0 Å². The molecule has 4 rings (SSSR count). The average Bonchev–Trinajstić information content (AvgIpc) is 3.12. The Kier molecular flexibility index (Phi) is 2.52. The second kappa shape index (κ2) is 4.29. The van der Waals surface area contributed by atoms with E-state index in [0.29, 0.717) is 0 Å². The molecule has 0 unspecified atom stereocenters. The fourth-order valence-corrected chi connectivity index (χ4v) is 5.38. The van der Waals surface area contributed by atoms with Gasteiger partial charge in [0.2, 0.25) is 0 Å². The largest absolute Gasteiger partial charge is 0.339 e. The number of nitrogens with zero attached hydrogens (tertiary/aromatic N) is 4. The SMILES string of the molecule is C[Si](C)(n1cnc2ccccc21)n1cnc2ccccc21. The van der Waals surface area contributed by atoms with Crippen molar-refractivity contribution in [1.82, 2.24) is 18.4 Å². The number of fused-ring (bicyclic) bond motifs is 2. The van der Waals surface area contributed by atoms with E-state index in [0.717, 1.165) is 11.0 Å². The second-order valence-corrected chi connectivity index (χ2v) is 9.65. The van der Waals surface area contributed by atoms with E-state index < -0.39 is 8.40 Å². The van der Waals surface area contributed by atoms with Crippen molar-refractivity contribution in [2.45, 2.75) is 13.1 Å². The maximum atomic E-state index is 4.54. The van der Waals surface area contributed by atoms with Crippen molar-refractivity contribution < 1.29 is 0 Å². The van der Waals surface area contributed by atoms with E-state index in [2.05, 4.69) is 67.9 Å². The summed E-state index contributed by atoms with van der Waals surface area (Å²) in [5.74, 6) is 0. The molecule has 21 heavy (non-hydrogen) atoms. The van der Waals surface area contributed by atoms with Gasteiger partial charge in [0.25, 0.3) is 8.40 Å². The van der Waals surface area contributed by atoms with Crippen LogP contribution in [-0.4, -0.2) is 26.8 Å². The first-order valence-corrected chi connectivity index (χ1v) is 9.92. The highest BCUT2D eigenvalue weighted by molar-refractivity contribution is 6.75. The minimum atomic E-state index is -1.97. The van der Waals surface area contributed by atoms with Crippen molar-refractivity contribution >= 4 is 30.5 Å². The Hall–Kier alpha value is -2.40. The van der Waals surface area contributed by atoms with Gasteiger partial charge in [0.05, 0.1) is 34.7 Å². The Labute approximate surface area is 123 Å². The molecule has 2 aromatic heterocycles. The molecule has 0 amide bonds. The predicted octanol–water partition coefficient (Wildman–Crippen LogP) is 3.48. The first-order chi connectivity index (χ1) is 10.2. The fraction of sp³-hybridized carbons (Fsp3) is 0.125. The van der Waals surface area contributed by atoms with Gasteiger partial charge in [-0.15, -0.1) is 0 Å². The zero-order valence-electron chi connectivity index (χ0n) is 12.1. The van der Waals surface area contributed by atoms with Crippen LogP contribution in [0.5, 0.6) is 0 Å². The lowest BCUT2D eigenvalue weighted by Crippen LogP contribution is -2.44. The highest BCUT2D eigenvalue weighted by Gasteiger charge is 2.29. The van der Waals surface area contributed by atoms with E-state index in [1.165, 1.54) is 11.0 Å². The molecule has 2 aromatic carbocycles. The van der Waals surface area contributed by atoms with Crippen molar-refractivity contribution in [2.24, 2.45) is 0 Å². The van der Waals surface area contributed by atoms with Crippen LogP contribution in [0.4, 0.5) is 0 Å². The smallest absolute Gasteiger partial charge is 0.268 e. The number of para-hydroxylation sites is 4. The molecule has 0 aliphatic heterocycles. The van der Waals surface area contributed by atoms with E-state index in [4.69, 9.17) is 0 Å². The first kappa shape index (κ1) is 12.3. The molecule has 2 heterocycles. The second-order valence-electron chi connectivity index (χ2n) is 5.70. The molecule has 0 saturated carbocycles. The molecule has 0 fully saturated rings. The Morgan fingerprint density at radius 2 is 1.14 bits per heavy atom. The van der Waals surface area contributed by atoms with Gasteiger partial charge in [-0.1, -0.05) is 24.3 Å².